The van der Waals surface area contributed by atoms with Crippen LogP contribution in [-0.2, 0) is 11.2 Å². The van der Waals surface area contributed by atoms with Gasteiger partial charge in [0.05, 0.1) is 11.0 Å². The minimum Gasteiger partial charge on any atom is -0.458 e. The number of benzene rings is 1. The summed E-state index contributed by atoms with van der Waals surface area (Å²) < 4.78 is 6.66. The molecule has 6 heteroatoms. The molecule has 0 radical (unpaired) electrons. The molecule has 0 saturated carbocycles. The Balaban J connectivity index is 1.40. The maximum Gasteiger partial charge on any atom is 0.316 e. The highest BCUT2D eigenvalue weighted by Crippen LogP contribution is 2.18. The zero-order valence-corrected chi connectivity index (χ0v) is 16.4. The van der Waals surface area contributed by atoms with Gasteiger partial charge in [0.15, 0.2) is 0 Å². The zero-order chi connectivity index (χ0) is 18.2. The van der Waals surface area contributed by atoms with E-state index >= 15 is 0 Å². The molecule has 1 aromatic heterocycles. The first-order chi connectivity index (χ1) is 12.7. The highest BCUT2D eigenvalue weighted by atomic mass is 79.9. The van der Waals surface area contributed by atoms with Crippen molar-refractivity contribution in [1.82, 2.24) is 14.9 Å². The van der Waals surface area contributed by atoms with Gasteiger partial charge in [0.25, 0.3) is 0 Å². The number of hydrogen-bond donors (Lipinski definition) is 0. The SMILES string of the molecule is O=C(CCCCc1ccccc1)N1CCCC(Oc2ncc(Br)cn2)C1. The normalized spacial score (nSPS) is 17.1. The van der Waals surface area contributed by atoms with E-state index in [0.29, 0.717) is 19.0 Å². The number of ether oxygens (including phenoxy) is 1. The Kier molecular flexibility index (Phi) is 7.00. The monoisotopic (exact) mass is 417 g/mol. The van der Waals surface area contributed by atoms with Crippen molar-refractivity contribution in [2.75, 3.05) is 13.1 Å². The van der Waals surface area contributed by atoms with Crippen molar-refractivity contribution in [3.8, 4) is 6.01 Å². The van der Waals surface area contributed by atoms with E-state index < -0.39 is 0 Å². The third-order valence-electron chi connectivity index (χ3n) is 4.55. The van der Waals surface area contributed by atoms with Crippen molar-refractivity contribution in [3.05, 3.63) is 52.8 Å². The van der Waals surface area contributed by atoms with Crippen molar-refractivity contribution in [2.45, 2.75) is 44.6 Å². The second kappa shape index (κ2) is 9.67. The molecule has 1 aromatic carbocycles. The van der Waals surface area contributed by atoms with Crippen molar-refractivity contribution >= 4 is 21.8 Å². The van der Waals surface area contributed by atoms with E-state index in [9.17, 15) is 4.79 Å². The van der Waals surface area contributed by atoms with Crippen LogP contribution in [0.5, 0.6) is 6.01 Å². The number of aryl methyl sites for hydroxylation is 1. The largest absolute Gasteiger partial charge is 0.458 e. The average molecular weight is 418 g/mol. The number of carbonyl (C=O) groups excluding carboxylic acids is 1. The van der Waals surface area contributed by atoms with Gasteiger partial charge < -0.3 is 9.64 Å². The first kappa shape index (κ1) is 18.8. The predicted molar refractivity (Wildman–Crippen MR) is 104 cm³/mol. The van der Waals surface area contributed by atoms with Gasteiger partial charge in [-0.2, -0.15) is 0 Å². The molecule has 0 aliphatic carbocycles. The third kappa shape index (κ3) is 5.80. The molecular weight excluding hydrogens is 394 g/mol. The minimum absolute atomic E-state index is 0.0294. The van der Waals surface area contributed by atoms with Crippen LogP contribution in [0.2, 0.25) is 0 Å². The summed E-state index contributed by atoms with van der Waals surface area (Å²) in [6, 6.07) is 10.8. The molecule has 1 aliphatic rings. The molecule has 1 atom stereocenters. The first-order valence-corrected chi connectivity index (χ1v) is 9.96. The molecule has 0 bridgehead atoms. The molecule has 5 nitrogen and oxygen atoms in total. The van der Waals surface area contributed by atoms with Crippen LogP contribution in [-0.4, -0.2) is 40.0 Å². The summed E-state index contributed by atoms with van der Waals surface area (Å²) in [7, 11) is 0. The Bertz CT molecular complexity index is 694. The van der Waals surface area contributed by atoms with Gasteiger partial charge in [0.1, 0.15) is 6.10 Å². The van der Waals surface area contributed by atoms with Crippen LogP contribution in [0.1, 0.15) is 37.7 Å². The van der Waals surface area contributed by atoms with Crippen LogP contribution >= 0.6 is 15.9 Å². The Morgan fingerprint density at radius 2 is 1.96 bits per heavy atom. The minimum atomic E-state index is -0.0294. The highest BCUT2D eigenvalue weighted by Gasteiger charge is 2.25. The number of hydrogen-bond acceptors (Lipinski definition) is 4. The Labute approximate surface area is 162 Å². The topological polar surface area (TPSA) is 55.3 Å². The van der Waals surface area contributed by atoms with Gasteiger partial charge in [-0.25, -0.2) is 9.97 Å². The molecule has 1 fully saturated rings. The van der Waals surface area contributed by atoms with Crippen LogP contribution < -0.4 is 4.74 Å². The van der Waals surface area contributed by atoms with E-state index in [1.54, 1.807) is 12.4 Å². The molecule has 0 spiro atoms. The molecule has 3 rings (SSSR count). The molecule has 138 valence electrons. The molecule has 1 unspecified atom stereocenters. The van der Waals surface area contributed by atoms with Crippen LogP contribution in [0.15, 0.2) is 47.2 Å². The van der Waals surface area contributed by atoms with E-state index in [-0.39, 0.29) is 12.0 Å². The summed E-state index contributed by atoms with van der Waals surface area (Å²) in [4.78, 5) is 22.7. The van der Waals surface area contributed by atoms with E-state index in [4.69, 9.17) is 4.74 Å². The van der Waals surface area contributed by atoms with Crippen LogP contribution in [0.25, 0.3) is 0 Å². The summed E-state index contributed by atoms with van der Waals surface area (Å²) in [5.41, 5.74) is 1.33. The summed E-state index contributed by atoms with van der Waals surface area (Å²) in [6.45, 7) is 1.44. The lowest BCUT2D eigenvalue weighted by molar-refractivity contribution is -0.134. The van der Waals surface area contributed by atoms with Gasteiger partial charge in [0.2, 0.25) is 5.91 Å². The number of nitrogens with zero attached hydrogens (tertiary/aromatic N) is 3. The van der Waals surface area contributed by atoms with E-state index in [1.165, 1.54) is 5.56 Å². The first-order valence-electron chi connectivity index (χ1n) is 9.16. The van der Waals surface area contributed by atoms with Crippen LogP contribution in [0.4, 0.5) is 0 Å². The number of halogens is 1. The fourth-order valence-electron chi connectivity index (χ4n) is 3.18. The summed E-state index contributed by atoms with van der Waals surface area (Å²) in [5.74, 6) is 0.225. The summed E-state index contributed by atoms with van der Waals surface area (Å²) in [5, 5.41) is 0. The quantitative estimate of drug-likeness (QED) is 0.638. The average Bonchev–Trinajstić information content (AvgIpc) is 2.68. The molecule has 2 aromatic rings. The Hall–Kier alpha value is -1.95. The summed E-state index contributed by atoms with van der Waals surface area (Å²) >= 11 is 3.31. The molecular formula is C20H24BrN3O2. The maximum absolute atomic E-state index is 12.5. The second-order valence-corrected chi connectivity index (χ2v) is 7.51. The van der Waals surface area contributed by atoms with Crippen molar-refractivity contribution < 1.29 is 9.53 Å². The molecule has 0 N–H and O–H groups in total. The second-order valence-electron chi connectivity index (χ2n) is 6.60. The number of unbranched alkanes of at least 4 members (excludes halogenated alkanes) is 1. The lowest BCUT2D eigenvalue weighted by atomic mass is 10.1. The summed E-state index contributed by atoms with van der Waals surface area (Å²) in [6.07, 6.45) is 8.78. The fourth-order valence-corrected chi connectivity index (χ4v) is 3.38. The lowest BCUT2D eigenvalue weighted by Crippen LogP contribution is -2.44. The van der Waals surface area contributed by atoms with E-state index in [1.807, 2.05) is 11.0 Å². The van der Waals surface area contributed by atoms with Gasteiger partial charge in [-0.1, -0.05) is 30.3 Å². The van der Waals surface area contributed by atoms with Gasteiger partial charge in [-0.3, -0.25) is 4.79 Å². The number of likely N-dealkylation sites (tertiary alicyclic amines) is 1. The lowest BCUT2D eigenvalue weighted by Gasteiger charge is -2.32. The third-order valence-corrected chi connectivity index (χ3v) is 4.96. The highest BCUT2D eigenvalue weighted by molar-refractivity contribution is 9.10. The van der Waals surface area contributed by atoms with E-state index in [2.05, 4.69) is 50.2 Å². The molecule has 2 heterocycles. The molecule has 1 amide bonds. The van der Waals surface area contributed by atoms with Gasteiger partial charge in [0, 0.05) is 25.4 Å². The van der Waals surface area contributed by atoms with Crippen molar-refractivity contribution in [1.29, 1.82) is 0 Å². The number of carbonyl (C=O) groups is 1. The number of amides is 1. The van der Waals surface area contributed by atoms with Gasteiger partial charge in [-0.05, 0) is 53.6 Å². The fraction of sp³-hybridized carbons (Fsp3) is 0.450. The smallest absolute Gasteiger partial charge is 0.316 e. The molecule has 1 aliphatic heterocycles. The zero-order valence-electron chi connectivity index (χ0n) is 14.8. The van der Waals surface area contributed by atoms with E-state index in [0.717, 1.165) is 43.1 Å². The number of piperidine rings is 1. The molecule has 1 saturated heterocycles. The Morgan fingerprint density at radius 3 is 2.73 bits per heavy atom. The number of rotatable bonds is 7. The maximum atomic E-state index is 12.5. The van der Waals surface area contributed by atoms with Crippen molar-refractivity contribution in [3.63, 3.8) is 0 Å². The van der Waals surface area contributed by atoms with Crippen LogP contribution in [0, 0.1) is 0 Å². The molecule has 26 heavy (non-hydrogen) atoms. The van der Waals surface area contributed by atoms with Crippen LogP contribution in [0.3, 0.4) is 0 Å². The standard InChI is InChI=1S/C20H24BrN3O2/c21-17-13-22-20(23-14-17)26-18-10-6-12-24(15-18)19(25)11-5-4-9-16-7-2-1-3-8-16/h1-3,7-8,13-14,18H,4-6,9-12,15H2. The predicted octanol–water partition coefficient (Wildman–Crippen LogP) is 4.02. The van der Waals surface area contributed by atoms with Gasteiger partial charge >= 0.3 is 6.01 Å². The number of aromatic nitrogens is 2. The van der Waals surface area contributed by atoms with Gasteiger partial charge in [-0.15, -0.1) is 0 Å². The van der Waals surface area contributed by atoms with Crippen molar-refractivity contribution in [2.24, 2.45) is 0 Å². The Morgan fingerprint density at radius 1 is 1.19 bits per heavy atom.